The second kappa shape index (κ2) is 13.6. The van der Waals surface area contributed by atoms with Crippen molar-refractivity contribution in [2.75, 3.05) is 0 Å². The Labute approximate surface area is 188 Å². The molecule has 0 atom stereocenters. The van der Waals surface area contributed by atoms with Gasteiger partial charge in [0.1, 0.15) is 0 Å². The van der Waals surface area contributed by atoms with Crippen LogP contribution in [0, 0.1) is 23.7 Å². The molecule has 30 heavy (non-hydrogen) atoms. The Bertz CT molecular complexity index is 540. The molecule has 0 heteroatoms. The lowest BCUT2D eigenvalue weighted by molar-refractivity contribution is 0.249. The molecule has 0 aliphatic heterocycles. The van der Waals surface area contributed by atoms with Gasteiger partial charge < -0.3 is 0 Å². The Balaban J connectivity index is 1.29. The first-order valence-corrected chi connectivity index (χ1v) is 13.8. The minimum absolute atomic E-state index is 0.995. The number of hydrogen-bond donors (Lipinski definition) is 0. The third kappa shape index (κ3) is 8.39. The summed E-state index contributed by atoms with van der Waals surface area (Å²) in [4.78, 5) is 0. The van der Waals surface area contributed by atoms with Crippen LogP contribution in [0.2, 0.25) is 0 Å². The lowest BCUT2D eigenvalue weighted by Gasteiger charge is -2.28. The lowest BCUT2D eigenvalue weighted by Crippen LogP contribution is -2.15. The molecule has 3 rings (SSSR count). The predicted molar refractivity (Wildman–Crippen MR) is 133 cm³/mol. The molecule has 0 bridgehead atoms. The molecule has 0 spiro atoms. The van der Waals surface area contributed by atoms with Gasteiger partial charge in [-0.1, -0.05) is 128 Å². The van der Waals surface area contributed by atoms with E-state index in [1.54, 1.807) is 11.1 Å². The molecule has 0 radical (unpaired) electrons. The van der Waals surface area contributed by atoms with Gasteiger partial charge >= 0.3 is 0 Å². The van der Waals surface area contributed by atoms with Crippen molar-refractivity contribution in [1.82, 2.24) is 0 Å². The lowest BCUT2D eigenvalue weighted by atomic mass is 9.77. The van der Waals surface area contributed by atoms with Crippen LogP contribution in [0.25, 0.3) is 0 Å². The van der Waals surface area contributed by atoms with Crippen LogP contribution in [-0.4, -0.2) is 0 Å². The van der Waals surface area contributed by atoms with Crippen LogP contribution in [0.3, 0.4) is 0 Å². The second-order valence-electron chi connectivity index (χ2n) is 11.0. The van der Waals surface area contributed by atoms with Crippen molar-refractivity contribution in [3.8, 4) is 0 Å². The monoisotopic (exact) mass is 410 g/mol. The first-order chi connectivity index (χ1) is 14.8. The van der Waals surface area contributed by atoms with Crippen LogP contribution >= 0.6 is 0 Å². The highest BCUT2D eigenvalue weighted by atomic mass is 14.3. The van der Waals surface area contributed by atoms with Crippen LogP contribution in [0.1, 0.15) is 128 Å². The molecule has 0 aromatic heterocycles. The van der Waals surface area contributed by atoms with Gasteiger partial charge in [-0.05, 0) is 60.5 Å². The Morgan fingerprint density at radius 2 is 0.900 bits per heavy atom. The number of aryl methyl sites for hydroxylation is 2. The van der Waals surface area contributed by atoms with Gasteiger partial charge in [0.05, 0.1) is 0 Å². The zero-order chi connectivity index (χ0) is 21.0. The highest BCUT2D eigenvalue weighted by Crippen LogP contribution is 2.35. The van der Waals surface area contributed by atoms with Crippen LogP contribution in [-0.2, 0) is 12.8 Å². The van der Waals surface area contributed by atoms with Crippen molar-refractivity contribution in [1.29, 1.82) is 0 Å². The normalized spacial score (nSPS) is 27.3. The van der Waals surface area contributed by atoms with Crippen molar-refractivity contribution < 1.29 is 0 Å². The fourth-order valence-electron chi connectivity index (χ4n) is 6.32. The third-order valence-electron chi connectivity index (χ3n) is 8.55. The molecule has 2 saturated carbocycles. The molecule has 0 saturated heterocycles. The highest BCUT2D eigenvalue weighted by Gasteiger charge is 2.21. The Hall–Kier alpha value is -0.780. The highest BCUT2D eigenvalue weighted by molar-refractivity contribution is 5.22. The second-order valence-corrected chi connectivity index (χ2v) is 11.0. The number of benzene rings is 1. The number of hydrogen-bond acceptors (Lipinski definition) is 0. The summed E-state index contributed by atoms with van der Waals surface area (Å²) in [6.07, 6.45) is 26.0. The maximum atomic E-state index is 2.43. The summed E-state index contributed by atoms with van der Waals surface area (Å²) in [7, 11) is 0. The molecule has 0 heterocycles. The minimum Gasteiger partial charge on any atom is -0.0654 e. The zero-order valence-corrected chi connectivity index (χ0v) is 20.3. The van der Waals surface area contributed by atoms with Gasteiger partial charge in [-0.3, -0.25) is 0 Å². The van der Waals surface area contributed by atoms with Gasteiger partial charge in [-0.15, -0.1) is 0 Å². The molecule has 170 valence electrons. The van der Waals surface area contributed by atoms with Crippen molar-refractivity contribution in [2.45, 2.75) is 129 Å². The average Bonchev–Trinajstić information content (AvgIpc) is 2.79. The Morgan fingerprint density at radius 3 is 1.30 bits per heavy atom. The molecule has 2 aliphatic rings. The fourth-order valence-corrected chi connectivity index (χ4v) is 6.32. The van der Waals surface area contributed by atoms with Crippen LogP contribution in [0.15, 0.2) is 24.3 Å². The summed E-state index contributed by atoms with van der Waals surface area (Å²) in [6, 6.07) is 9.74. The number of unbranched alkanes of at least 4 members (excludes halogenated alkanes) is 2. The van der Waals surface area contributed by atoms with E-state index in [2.05, 4.69) is 38.1 Å². The van der Waals surface area contributed by atoms with E-state index in [0.29, 0.717) is 0 Å². The summed E-state index contributed by atoms with van der Waals surface area (Å²) >= 11 is 0. The molecular formula is C30H50. The zero-order valence-electron chi connectivity index (χ0n) is 20.3. The van der Waals surface area contributed by atoms with E-state index in [1.807, 2.05) is 0 Å². The van der Waals surface area contributed by atoms with E-state index in [0.717, 1.165) is 23.7 Å². The Morgan fingerprint density at radius 1 is 0.500 bits per heavy atom. The SMILES string of the molecule is CCCCC[C@H]1CC[C@H](CCc2ccc(CC[C@H]3CC[C@H](CCC)CC3)cc2)CC1. The van der Waals surface area contributed by atoms with Crippen LogP contribution < -0.4 is 0 Å². The summed E-state index contributed by atoms with van der Waals surface area (Å²) in [5, 5.41) is 0. The molecule has 1 aromatic rings. The fraction of sp³-hybridized carbons (Fsp3) is 0.800. The standard InChI is InChI=1S/C30H50/c1-3-5-6-8-26-11-15-28(16-12-26)18-20-30-23-21-29(22-24-30)19-17-27-13-9-25(7-4-2)10-14-27/h21-28H,3-20H2,1-2H3/t25-,26-,27-,28-. The van der Waals surface area contributed by atoms with Crippen molar-refractivity contribution in [2.24, 2.45) is 23.7 Å². The summed E-state index contributed by atoms with van der Waals surface area (Å²) in [6.45, 7) is 4.67. The maximum Gasteiger partial charge on any atom is -0.0276 e. The Kier molecular flexibility index (Phi) is 10.8. The largest absolute Gasteiger partial charge is 0.0654 e. The average molecular weight is 411 g/mol. The van der Waals surface area contributed by atoms with Crippen LogP contribution in [0.5, 0.6) is 0 Å². The summed E-state index contributed by atoms with van der Waals surface area (Å²) in [5.41, 5.74) is 3.14. The van der Waals surface area contributed by atoms with Crippen molar-refractivity contribution in [3.63, 3.8) is 0 Å². The molecule has 0 unspecified atom stereocenters. The number of rotatable bonds is 12. The van der Waals surface area contributed by atoms with E-state index in [-0.39, 0.29) is 0 Å². The molecule has 2 fully saturated rings. The quantitative estimate of drug-likeness (QED) is 0.301. The van der Waals surface area contributed by atoms with E-state index in [9.17, 15) is 0 Å². The predicted octanol–water partition coefficient (Wildman–Crippen LogP) is 9.54. The molecule has 2 aliphatic carbocycles. The minimum atomic E-state index is 0.995. The smallest absolute Gasteiger partial charge is 0.0276 e. The summed E-state index contributed by atoms with van der Waals surface area (Å²) < 4.78 is 0. The van der Waals surface area contributed by atoms with Crippen molar-refractivity contribution >= 4 is 0 Å². The van der Waals surface area contributed by atoms with Gasteiger partial charge in [0.2, 0.25) is 0 Å². The molecule has 1 aromatic carbocycles. The van der Waals surface area contributed by atoms with Crippen molar-refractivity contribution in [3.05, 3.63) is 35.4 Å². The van der Waals surface area contributed by atoms with Gasteiger partial charge in [0.25, 0.3) is 0 Å². The van der Waals surface area contributed by atoms with Gasteiger partial charge in [-0.25, -0.2) is 0 Å². The van der Waals surface area contributed by atoms with Gasteiger partial charge in [0, 0.05) is 0 Å². The van der Waals surface area contributed by atoms with E-state index < -0.39 is 0 Å². The van der Waals surface area contributed by atoms with Crippen LogP contribution in [0.4, 0.5) is 0 Å². The first-order valence-electron chi connectivity index (χ1n) is 13.8. The van der Waals surface area contributed by atoms with Gasteiger partial charge in [0.15, 0.2) is 0 Å². The van der Waals surface area contributed by atoms with E-state index >= 15 is 0 Å². The molecule has 0 amide bonds. The van der Waals surface area contributed by atoms with E-state index in [1.165, 1.54) is 116 Å². The first kappa shape index (κ1) is 23.9. The molecule has 0 nitrogen and oxygen atoms in total. The van der Waals surface area contributed by atoms with Gasteiger partial charge in [-0.2, -0.15) is 0 Å². The van der Waals surface area contributed by atoms with E-state index in [4.69, 9.17) is 0 Å². The maximum absolute atomic E-state index is 2.43. The molecular weight excluding hydrogens is 360 g/mol. The third-order valence-corrected chi connectivity index (χ3v) is 8.55. The molecule has 0 N–H and O–H groups in total. The summed E-state index contributed by atoms with van der Waals surface area (Å²) in [5.74, 6) is 4.08. The topological polar surface area (TPSA) is 0 Å².